The van der Waals surface area contributed by atoms with Crippen molar-refractivity contribution in [3.8, 4) is 0 Å². The van der Waals surface area contributed by atoms with Gasteiger partial charge in [0.1, 0.15) is 17.5 Å². The van der Waals surface area contributed by atoms with Gasteiger partial charge in [-0.05, 0) is 53.7 Å². The van der Waals surface area contributed by atoms with Gasteiger partial charge in [-0.25, -0.2) is 13.2 Å². The SMILES string of the molecule is CNC(Cc1c(F)ccc(Br)c1F)c1ccc(Cl)cc1F. The van der Waals surface area contributed by atoms with Crippen LogP contribution in [0, 0.1) is 17.5 Å². The van der Waals surface area contributed by atoms with E-state index < -0.39 is 23.5 Å². The van der Waals surface area contributed by atoms with Crippen LogP contribution in [0.1, 0.15) is 17.2 Å². The molecule has 0 saturated heterocycles. The zero-order chi connectivity index (χ0) is 15.6. The van der Waals surface area contributed by atoms with Crippen LogP contribution >= 0.6 is 27.5 Å². The summed E-state index contributed by atoms with van der Waals surface area (Å²) in [6.45, 7) is 0. The number of rotatable bonds is 4. The molecule has 0 saturated carbocycles. The third-order valence-electron chi connectivity index (χ3n) is 3.23. The van der Waals surface area contributed by atoms with Crippen molar-refractivity contribution in [3.63, 3.8) is 0 Å². The summed E-state index contributed by atoms with van der Waals surface area (Å²) < 4.78 is 41.9. The van der Waals surface area contributed by atoms with E-state index in [9.17, 15) is 13.2 Å². The summed E-state index contributed by atoms with van der Waals surface area (Å²) in [5.74, 6) is -1.85. The first-order chi connectivity index (χ1) is 9.93. The van der Waals surface area contributed by atoms with Crippen LogP contribution in [-0.2, 0) is 6.42 Å². The minimum absolute atomic E-state index is 0.0217. The lowest BCUT2D eigenvalue weighted by atomic mass is 9.98. The predicted molar refractivity (Wildman–Crippen MR) is 81.0 cm³/mol. The van der Waals surface area contributed by atoms with Crippen LogP contribution in [0.15, 0.2) is 34.8 Å². The zero-order valence-corrected chi connectivity index (χ0v) is 13.4. The first kappa shape index (κ1) is 16.3. The van der Waals surface area contributed by atoms with Gasteiger partial charge in [-0.3, -0.25) is 0 Å². The van der Waals surface area contributed by atoms with Crippen LogP contribution < -0.4 is 5.32 Å². The molecule has 0 amide bonds. The highest BCUT2D eigenvalue weighted by Gasteiger charge is 2.20. The van der Waals surface area contributed by atoms with Crippen molar-refractivity contribution >= 4 is 27.5 Å². The van der Waals surface area contributed by atoms with E-state index in [0.29, 0.717) is 5.56 Å². The van der Waals surface area contributed by atoms with Crippen LogP contribution in [0.25, 0.3) is 0 Å². The van der Waals surface area contributed by atoms with Gasteiger partial charge in [-0.1, -0.05) is 17.7 Å². The fourth-order valence-electron chi connectivity index (χ4n) is 2.11. The Morgan fingerprint density at radius 1 is 1.14 bits per heavy atom. The number of likely N-dealkylation sites (N-methyl/N-ethyl adjacent to an activating group) is 1. The van der Waals surface area contributed by atoms with Gasteiger partial charge in [0.15, 0.2) is 0 Å². The summed E-state index contributed by atoms with van der Waals surface area (Å²) in [4.78, 5) is 0. The molecular weight excluding hydrogens is 367 g/mol. The van der Waals surface area contributed by atoms with Gasteiger partial charge in [0.2, 0.25) is 0 Å². The number of hydrogen-bond donors (Lipinski definition) is 1. The van der Waals surface area contributed by atoms with E-state index in [2.05, 4.69) is 21.2 Å². The van der Waals surface area contributed by atoms with E-state index in [1.54, 1.807) is 7.05 Å². The van der Waals surface area contributed by atoms with Crippen molar-refractivity contribution in [1.82, 2.24) is 5.32 Å². The minimum Gasteiger partial charge on any atom is -0.313 e. The Morgan fingerprint density at radius 2 is 1.86 bits per heavy atom. The molecular formula is C15H12BrClF3N. The lowest BCUT2D eigenvalue weighted by Crippen LogP contribution is -2.21. The molecule has 2 rings (SSSR count). The maximum Gasteiger partial charge on any atom is 0.143 e. The van der Waals surface area contributed by atoms with Gasteiger partial charge in [0, 0.05) is 22.2 Å². The van der Waals surface area contributed by atoms with E-state index in [1.165, 1.54) is 30.3 Å². The molecule has 112 valence electrons. The van der Waals surface area contributed by atoms with Crippen molar-refractivity contribution in [2.45, 2.75) is 12.5 Å². The highest BCUT2D eigenvalue weighted by molar-refractivity contribution is 9.10. The highest BCUT2D eigenvalue weighted by Crippen LogP contribution is 2.28. The molecule has 1 atom stereocenters. The molecule has 2 aromatic rings. The first-order valence-electron chi connectivity index (χ1n) is 6.18. The summed E-state index contributed by atoms with van der Waals surface area (Å²) in [7, 11) is 1.60. The number of benzene rings is 2. The van der Waals surface area contributed by atoms with Gasteiger partial charge in [0.25, 0.3) is 0 Å². The number of nitrogens with one attached hydrogen (secondary N) is 1. The van der Waals surface area contributed by atoms with Crippen molar-refractivity contribution in [1.29, 1.82) is 0 Å². The van der Waals surface area contributed by atoms with Gasteiger partial charge < -0.3 is 5.32 Å². The Bertz CT molecular complexity index is 664. The Hall–Kier alpha value is -1.04. The van der Waals surface area contributed by atoms with Gasteiger partial charge in [-0.2, -0.15) is 0 Å². The second-order valence-electron chi connectivity index (χ2n) is 4.53. The topological polar surface area (TPSA) is 12.0 Å². The zero-order valence-electron chi connectivity index (χ0n) is 11.1. The van der Waals surface area contributed by atoms with Crippen LogP contribution in [0.2, 0.25) is 5.02 Å². The summed E-state index contributed by atoms with van der Waals surface area (Å²) in [5, 5.41) is 3.14. The third kappa shape index (κ3) is 3.59. The lowest BCUT2D eigenvalue weighted by Gasteiger charge is -2.18. The molecule has 1 unspecified atom stereocenters. The van der Waals surface area contributed by atoms with E-state index in [4.69, 9.17) is 11.6 Å². The Balaban J connectivity index is 2.38. The van der Waals surface area contributed by atoms with Crippen LogP contribution in [0.4, 0.5) is 13.2 Å². The summed E-state index contributed by atoms with van der Waals surface area (Å²) in [6.07, 6.45) is -0.0217. The Kier molecular flexibility index (Phi) is 5.30. The van der Waals surface area contributed by atoms with Crippen LogP contribution in [-0.4, -0.2) is 7.05 Å². The molecule has 0 heterocycles. The number of halogens is 5. The first-order valence-corrected chi connectivity index (χ1v) is 7.35. The molecule has 1 nitrogen and oxygen atoms in total. The molecule has 0 spiro atoms. The molecule has 2 aromatic carbocycles. The third-order valence-corrected chi connectivity index (χ3v) is 4.08. The predicted octanol–water partition coefficient (Wildman–Crippen LogP) is 5.02. The maximum absolute atomic E-state index is 14.0. The molecule has 6 heteroatoms. The summed E-state index contributed by atoms with van der Waals surface area (Å²) in [6, 6.07) is 6.12. The maximum atomic E-state index is 14.0. The largest absolute Gasteiger partial charge is 0.313 e. The number of hydrogen-bond acceptors (Lipinski definition) is 1. The fourth-order valence-corrected chi connectivity index (χ4v) is 2.64. The van der Waals surface area contributed by atoms with Crippen molar-refractivity contribution in [2.75, 3.05) is 7.05 Å². The second kappa shape index (κ2) is 6.81. The van der Waals surface area contributed by atoms with E-state index >= 15 is 0 Å². The van der Waals surface area contributed by atoms with E-state index in [0.717, 1.165) is 0 Å². The van der Waals surface area contributed by atoms with Gasteiger partial charge >= 0.3 is 0 Å². The normalized spacial score (nSPS) is 12.5. The molecule has 0 aliphatic heterocycles. The van der Waals surface area contributed by atoms with Crippen molar-refractivity contribution in [2.24, 2.45) is 0 Å². The molecule has 0 fully saturated rings. The van der Waals surface area contributed by atoms with E-state index in [1.807, 2.05) is 0 Å². The fraction of sp³-hybridized carbons (Fsp3) is 0.200. The lowest BCUT2D eigenvalue weighted by molar-refractivity contribution is 0.495. The van der Waals surface area contributed by atoms with Crippen LogP contribution in [0.5, 0.6) is 0 Å². The molecule has 21 heavy (non-hydrogen) atoms. The van der Waals surface area contributed by atoms with E-state index in [-0.39, 0.29) is 21.5 Å². The highest BCUT2D eigenvalue weighted by atomic mass is 79.9. The molecule has 0 aliphatic carbocycles. The summed E-state index contributed by atoms with van der Waals surface area (Å²) >= 11 is 8.73. The average Bonchev–Trinajstić information content (AvgIpc) is 2.44. The smallest absolute Gasteiger partial charge is 0.143 e. The monoisotopic (exact) mass is 377 g/mol. The quantitative estimate of drug-likeness (QED) is 0.736. The average molecular weight is 379 g/mol. The summed E-state index contributed by atoms with van der Waals surface area (Å²) in [5.41, 5.74) is 0.207. The van der Waals surface area contributed by atoms with Crippen molar-refractivity contribution < 1.29 is 13.2 Å². The molecule has 0 radical (unpaired) electrons. The molecule has 0 aliphatic rings. The van der Waals surface area contributed by atoms with Gasteiger partial charge in [0.05, 0.1) is 4.47 Å². The minimum atomic E-state index is -0.676. The Morgan fingerprint density at radius 3 is 2.48 bits per heavy atom. The standard InChI is InChI=1S/C15H12BrClF3N/c1-21-14(9-3-2-8(17)6-13(9)19)7-10-12(18)5-4-11(16)15(10)20/h2-6,14,21H,7H2,1H3. The Labute approximate surface area is 134 Å². The van der Waals surface area contributed by atoms with Crippen molar-refractivity contribution in [3.05, 3.63) is 68.4 Å². The molecule has 0 bridgehead atoms. The molecule has 0 aromatic heterocycles. The molecule has 1 N–H and O–H groups in total. The van der Waals surface area contributed by atoms with Crippen LogP contribution in [0.3, 0.4) is 0 Å². The second-order valence-corrected chi connectivity index (χ2v) is 5.82. The van der Waals surface area contributed by atoms with Gasteiger partial charge in [-0.15, -0.1) is 0 Å².